The second-order valence-electron chi connectivity index (χ2n) is 6.94. The van der Waals surface area contributed by atoms with E-state index in [4.69, 9.17) is 4.74 Å². The molecule has 1 unspecified atom stereocenters. The number of amides is 1. The van der Waals surface area contributed by atoms with Crippen molar-refractivity contribution in [2.45, 2.75) is 51.1 Å². The predicted molar refractivity (Wildman–Crippen MR) is 101 cm³/mol. The maximum Gasteiger partial charge on any atom is 0.223 e. The van der Waals surface area contributed by atoms with E-state index in [-0.39, 0.29) is 12.4 Å². The highest BCUT2D eigenvalue weighted by Crippen LogP contribution is 2.56. The Morgan fingerprint density at radius 1 is 1.42 bits per heavy atom. The van der Waals surface area contributed by atoms with Crippen molar-refractivity contribution in [3.05, 3.63) is 22.4 Å². The van der Waals surface area contributed by atoms with Crippen molar-refractivity contribution in [1.82, 2.24) is 10.2 Å². The molecule has 6 heteroatoms. The Morgan fingerprint density at radius 2 is 2.21 bits per heavy atom. The minimum Gasteiger partial charge on any atom is -0.385 e. The number of nitrogens with zero attached hydrogens (tertiary/aromatic N) is 1. The van der Waals surface area contributed by atoms with E-state index in [0.717, 1.165) is 39.1 Å². The van der Waals surface area contributed by atoms with E-state index in [1.807, 2.05) is 0 Å². The van der Waals surface area contributed by atoms with E-state index in [9.17, 15) is 4.79 Å². The third-order valence-electron chi connectivity index (χ3n) is 5.36. The molecule has 24 heavy (non-hydrogen) atoms. The highest BCUT2D eigenvalue weighted by molar-refractivity contribution is 7.07. The number of halogens is 1. The molecule has 0 radical (unpaired) electrons. The fourth-order valence-corrected chi connectivity index (χ4v) is 4.51. The van der Waals surface area contributed by atoms with Crippen LogP contribution >= 0.6 is 23.7 Å². The van der Waals surface area contributed by atoms with E-state index in [1.165, 1.54) is 24.8 Å². The number of carbonyl (C=O) groups excluding carboxylic acids is 1. The van der Waals surface area contributed by atoms with Crippen molar-refractivity contribution in [2.75, 3.05) is 26.8 Å². The van der Waals surface area contributed by atoms with Gasteiger partial charge in [-0.05, 0) is 73.0 Å². The minimum absolute atomic E-state index is 0. The van der Waals surface area contributed by atoms with Crippen molar-refractivity contribution in [3.63, 3.8) is 0 Å². The van der Waals surface area contributed by atoms with Crippen LogP contribution in [-0.4, -0.2) is 43.7 Å². The lowest BCUT2D eigenvalue weighted by Gasteiger charge is -2.29. The average molecular weight is 373 g/mol. The summed E-state index contributed by atoms with van der Waals surface area (Å²) in [6, 6.07) is 2.60. The highest BCUT2D eigenvalue weighted by Gasteiger charge is 2.57. The van der Waals surface area contributed by atoms with Crippen LogP contribution in [0, 0.1) is 5.41 Å². The molecular formula is C18H29ClN2O2S. The maximum atomic E-state index is 12.8. The van der Waals surface area contributed by atoms with Crippen LogP contribution < -0.4 is 5.32 Å². The molecule has 2 aliphatic rings. The second-order valence-corrected chi connectivity index (χ2v) is 7.72. The molecule has 1 aromatic rings. The normalized spacial score (nSPS) is 21.3. The van der Waals surface area contributed by atoms with E-state index in [1.54, 1.807) is 18.4 Å². The molecule has 1 amide bonds. The fourth-order valence-electron chi connectivity index (χ4n) is 3.85. The van der Waals surface area contributed by atoms with Gasteiger partial charge in [-0.2, -0.15) is 11.3 Å². The molecule has 3 rings (SSSR count). The molecule has 1 N–H and O–H groups in total. The predicted octanol–water partition coefficient (Wildman–Crippen LogP) is 3.46. The number of carbonyl (C=O) groups is 1. The lowest BCUT2D eigenvalue weighted by molar-refractivity contribution is -0.133. The largest absolute Gasteiger partial charge is 0.385 e. The van der Waals surface area contributed by atoms with Crippen molar-refractivity contribution >= 4 is 29.7 Å². The zero-order valence-electron chi connectivity index (χ0n) is 14.5. The first-order valence-corrected chi connectivity index (χ1v) is 9.70. The van der Waals surface area contributed by atoms with Crippen molar-refractivity contribution in [3.8, 4) is 0 Å². The highest BCUT2D eigenvalue weighted by atomic mass is 35.5. The number of methoxy groups -OCH3 is 1. The number of hydrogen-bond donors (Lipinski definition) is 1. The number of unbranched alkanes of at least 4 members (excludes halogenated alkanes) is 1. The summed E-state index contributed by atoms with van der Waals surface area (Å²) in [5.74, 6) is 0.327. The fraction of sp³-hybridized carbons (Fsp3) is 0.722. The van der Waals surface area contributed by atoms with Crippen LogP contribution in [-0.2, 0) is 16.1 Å². The second kappa shape index (κ2) is 9.18. The van der Waals surface area contributed by atoms with Gasteiger partial charge in [0.05, 0.1) is 0 Å². The summed E-state index contributed by atoms with van der Waals surface area (Å²) in [6.07, 6.45) is 6.17. The van der Waals surface area contributed by atoms with Gasteiger partial charge in [0.25, 0.3) is 0 Å². The van der Waals surface area contributed by atoms with Crippen LogP contribution in [0.1, 0.15) is 44.1 Å². The van der Waals surface area contributed by atoms with Crippen molar-refractivity contribution in [1.29, 1.82) is 0 Å². The third kappa shape index (κ3) is 4.72. The number of hydrogen-bond acceptors (Lipinski definition) is 4. The van der Waals surface area contributed by atoms with E-state index in [2.05, 4.69) is 27.0 Å². The third-order valence-corrected chi connectivity index (χ3v) is 6.10. The van der Waals surface area contributed by atoms with Gasteiger partial charge in [0.2, 0.25) is 5.91 Å². The summed E-state index contributed by atoms with van der Waals surface area (Å²) in [5, 5.41) is 7.72. The molecule has 136 valence electrons. The summed E-state index contributed by atoms with van der Waals surface area (Å²) < 4.78 is 5.09. The van der Waals surface area contributed by atoms with Crippen LogP contribution in [0.2, 0.25) is 0 Å². The van der Waals surface area contributed by atoms with E-state index < -0.39 is 0 Å². The lowest BCUT2D eigenvalue weighted by atomic mass is 9.93. The summed E-state index contributed by atoms with van der Waals surface area (Å²) in [4.78, 5) is 15.0. The van der Waals surface area contributed by atoms with Crippen molar-refractivity contribution in [2.24, 2.45) is 5.41 Å². The number of rotatable bonds is 8. The molecule has 2 heterocycles. The monoisotopic (exact) mass is 372 g/mol. The Balaban J connectivity index is 0.00000208. The zero-order chi connectivity index (χ0) is 16.1. The molecule has 1 spiro atoms. The Kier molecular flexibility index (Phi) is 7.54. The summed E-state index contributed by atoms with van der Waals surface area (Å²) in [7, 11) is 1.72. The van der Waals surface area contributed by atoms with Crippen LogP contribution in [0.15, 0.2) is 16.8 Å². The van der Waals surface area contributed by atoms with Crippen LogP contribution in [0.4, 0.5) is 0 Å². The lowest BCUT2D eigenvalue weighted by Crippen LogP contribution is -2.39. The molecule has 1 saturated heterocycles. The quantitative estimate of drug-likeness (QED) is 0.710. The Bertz CT molecular complexity index is 503. The van der Waals surface area contributed by atoms with Crippen LogP contribution in [0.25, 0.3) is 0 Å². The maximum absolute atomic E-state index is 12.8. The molecule has 0 bridgehead atoms. The molecule has 1 aliphatic heterocycles. The van der Waals surface area contributed by atoms with Gasteiger partial charge in [-0.1, -0.05) is 0 Å². The van der Waals surface area contributed by atoms with Crippen LogP contribution in [0.5, 0.6) is 0 Å². The first-order valence-electron chi connectivity index (χ1n) is 8.75. The SMILES string of the molecule is COCCCCC(=O)N(Cc1ccsc1)C1CC12CCNCC2.Cl. The van der Waals surface area contributed by atoms with Gasteiger partial charge in [-0.3, -0.25) is 4.79 Å². The van der Waals surface area contributed by atoms with Gasteiger partial charge >= 0.3 is 0 Å². The summed E-state index contributed by atoms with van der Waals surface area (Å²) in [5.41, 5.74) is 1.68. The van der Waals surface area contributed by atoms with E-state index >= 15 is 0 Å². The zero-order valence-corrected chi connectivity index (χ0v) is 16.1. The Morgan fingerprint density at radius 3 is 2.88 bits per heavy atom. The molecule has 1 aromatic heterocycles. The molecular weight excluding hydrogens is 344 g/mol. The molecule has 1 atom stereocenters. The first-order chi connectivity index (χ1) is 11.2. The molecule has 0 aromatic carbocycles. The van der Waals surface area contributed by atoms with Gasteiger partial charge in [-0.15, -0.1) is 12.4 Å². The molecule has 1 aliphatic carbocycles. The summed E-state index contributed by atoms with van der Waals surface area (Å²) in [6.45, 7) is 3.74. The van der Waals surface area contributed by atoms with Crippen LogP contribution in [0.3, 0.4) is 0 Å². The van der Waals surface area contributed by atoms with E-state index in [0.29, 0.717) is 23.8 Å². The minimum atomic E-state index is 0. The molecule has 1 saturated carbocycles. The average Bonchev–Trinajstić information content (AvgIpc) is 2.99. The number of thiophene rings is 1. The van der Waals surface area contributed by atoms with Gasteiger partial charge in [-0.25, -0.2) is 0 Å². The van der Waals surface area contributed by atoms with Gasteiger partial charge in [0.1, 0.15) is 0 Å². The standard InChI is InChI=1S/C18H28N2O2S.ClH/c1-22-10-3-2-4-17(21)20(13-15-5-11-23-14-15)16-12-18(16)6-8-19-9-7-18;/h5,11,14,16,19H,2-4,6-10,12-13H2,1H3;1H. The molecule has 2 fully saturated rings. The number of nitrogens with one attached hydrogen (secondary N) is 1. The molecule has 4 nitrogen and oxygen atoms in total. The number of piperidine rings is 1. The topological polar surface area (TPSA) is 41.6 Å². The summed E-state index contributed by atoms with van der Waals surface area (Å²) >= 11 is 1.71. The Labute approximate surface area is 155 Å². The smallest absolute Gasteiger partial charge is 0.223 e. The van der Waals surface area contributed by atoms with Gasteiger partial charge in [0, 0.05) is 32.7 Å². The Hall–Kier alpha value is -0.620. The van der Waals surface area contributed by atoms with Gasteiger partial charge in [0.15, 0.2) is 0 Å². The number of ether oxygens (including phenoxy) is 1. The van der Waals surface area contributed by atoms with Crippen molar-refractivity contribution < 1.29 is 9.53 Å². The first kappa shape index (κ1) is 19.7. The van der Waals surface area contributed by atoms with Gasteiger partial charge < -0.3 is 15.0 Å².